The van der Waals surface area contributed by atoms with Gasteiger partial charge in [-0.1, -0.05) is 27.5 Å². The molecule has 0 bridgehead atoms. The van der Waals surface area contributed by atoms with Gasteiger partial charge in [0.25, 0.3) is 0 Å². The second-order valence-corrected chi connectivity index (χ2v) is 3.61. The Bertz CT molecular complexity index is 291. The largest absolute Gasteiger partial charge is 0.465 e. The molecular weight excluding hydrogens is 280 g/mol. The number of unbranched alkanes of at least 4 members (excludes halogenated alkanes) is 1. The summed E-state index contributed by atoms with van der Waals surface area (Å²) in [5, 5.41) is 14.1. The van der Waals surface area contributed by atoms with E-state index in [4.69, 9.17) is 10.6 Å². The first-order valence-corrected chi connectivity index (χ1v) is 5.83. The summed E-state index contributed by atoms with van der Waals surface area (Å²) in [6.45, 7) is 0.334. The molecule has 0 aliphatic carbocycles. The molecule has 0 rings (SSSR count). The smallest absolute Gasteiger partial charge is 0.404 e. The summed E-state index contributed by atoms with van der Waals surface area (Å²) in [5.41, 5.74) is 8.26. The SMILES string of the molecule is [N-]=[N+]=NC(CCCCNC(=O)O)C(=O)CBr. The number of carbonyl (C=O) groups is 2. The summed E-state index contributed by atoms with van der Waals surface area (Å²) < 4.78 is 0. The first-order chi connectivity index (χ1) is 7.61. The number of amides is 1. The van der Waals surface area contributed by atoms with Crippen LogP contribution in [0.25, 0.3) is 10.4 Å². The molecule has 0 aliphatic rings. The lowest BCUT2D eigenvalue weighted by Crippen LogP contribution is -2.23. The first-order valence-electron chi connectivity index (χ1n) is 4.71. The molecule has 1 atom stereocenters. The standard InChI is InChI=1S/C8H13BrN4O3/c9-5-7(14)6(12-13-10)3-1-2-4-11-8(15)16/h6,11H,1-5H2,(H,15,16). The second kappa shape index (κ2) is 8.99. The van der Waals surface area contributed by atoms with E-state index in [9.17, 15) is 9.59 Å². The van der Waals surface area contributed by atoms with Crippen LogP contribution in [0, 0.1) is 0 Å². The number of azide groups is 1. The summed E-state index contributed by atoms with van der Waals surface area (Å²) in [6.07, 6.45) is 0.612. The number of ketones is 1. The monoisotopic (exact) mass is 292 g/mol. The molecule has 2 N–H and O–H groups in total. The summed E-state index contributed by atoms with van der Waals surface area (Å²) >= 11 is 3.00. The van der Waals surface area contributed by atoms with Gasteiger partial charge in [-0.2, -0.15) is 0 Å². The quantitative estimate of drug-likeness (QED) is 0.234. The van der Waals surface area contributed by atoms with Gasteiger partial charge in [-0.05, 0) is 18.4 Å². The molecule has 0 saturated heterocycles. The minimum atomic E-state index is -1.07. The minimum Gasteiger partial charge on any atom is -0.465 e. The van der Waals surface area contributed by atoms with Gasteiger partial charge in [-0.15, -0.1) is 0 Å². The number of nitrogens with one attached hydrogen (secondary N) is 1. The van der Waals surface area contributed by atoms with Crippen molar-refractivity contribution in [2.45, 2.75) is 25.3 Å². The molecule has 1 amide bonds. The number of carbonyl (C=O) groups excluding carboxylic acids is 1. The van der Waals surface area contributed by atoms with Gasteiger partial charge in [0.1, 0.15) is 0 Å². The van der Waals surface area contributed by atoms with Gasteiger partial charge in [0, 0.05) is 11.5 Å². The lowest BCUT2D eigenvalue weighted by molar-refractivity contribution is -0.117. The van der Waals surface area contributed by atoms with Gasteiger partial charge in [-0.25, -0.2) is 4.79 Å². The maximum absolute atomic E-state index is 11.3. The van der Waals surface area contributed by atoms with Crippen molar-refractivity contribution in [2.24, 2.45) is 5.11 Å². The molecule has 7 nitrogen and oxygen atoms in total. The highest BCUT2D eigenvalue weighted by Gasteiger charge is 2.14. The summed E-state index contributed by atoms with van der Waals surface area (Å²) in [7, 11) is 0. The first kappa shape index (κ1) is 14.7. The van der Waals surface area contributed by atoms with Crippen LogP contribution in [-0.4, -0.2) is 34.9 Å². The molecule has 0 aliphatic heterocycles. The molecule has 90 valence electrons. The van der Waals surface area contributed by atoms with Gasteiger partial charge < -0.3 is 10.4 Å². The fraction of sp³-hybridized carbons (Fsp3) is 0.750. The highest BCUT2D eigenvalue weighted by atomic mass is 79.9. The van der Waals surface area contributed by atoms with Crippen molar-refractivity contribution in [3.8, 4) is 0 Å². The number of nitrogens with zero attached hydrogens (tertiary/aromatic N) is 3. The van der Waals surface area contributed by atoms with Gasteiger partial charge in [0.05, 0.1) is 11.4 Å². The highest BCUT2D eigenvalue weighted by Crippen LogP contribution is 2.07. The number of Topliss-reactive ketones (excluding diaryl/α,β-unsaturated/α-hetero) is 1. The van der Waals surface area contributed by atoms with Crippen LogP contribution in [0.15, 0.2) is 5.11 Å². The average Bonchev–Trinajstić information content (AvgIpc) is 2.25. The van der Waals surface area contributed by atoms with E-state index in [1.54, 1.807) is 0 Å². The number of carboxylic acid groups (broad SMARTS) is 1. The minimum absolute atomic E-state index is 0.157. The van der Waals surface area contributed by atoms with Crippen molar-refractivity contribution in [2.75, 3.05) is 11.9 Å². The van der Waals surface area contributed by atoms with Crippen LogP contribution in [0.2, 0.25) is 0 Å². The fourth-order valence-corrected chi connectivity index (χ4v) is 1.47. The number of alkyl halides is 1. The van der Waals surface area contributed by atoms with Crippen LogP contribution >= 0.6 is 15.9 Å². The number of halogens is 1. The third-order valence-corrected chi connectivity index (χ3v) is 2.43. The van der Waals surface area contributed by atoms with E-state index in [1.807, 2.05) is 0 Å². The van der Waals surface area contributed by atoms with E-state index in [1.165, 1.54) is 0 Å². The number of rotatable bonds is 8. The Kier molecular flexibility index (Phi) is 8.28. The van der Waals surface area contributed by atoms with Crippen molar-refractivity contribution >= 4 is 27.8 Å². The molecule has 8 heteroatoms. The molecule has 0 spiro atoms. The molecule has 0 radical (unpaired) electrons. The molecule has 0 heterocycles. The molecule has 0 saturated carbocycles. The Morgan fingerprint density at radius 1 is 1.50 bits per heavy atom. The number of hydrogen-bond donors (Lipinski definition) is 2. The third-order valence-electron chi connectivity index (χ3n) is 1.87. The maximum Gasteiger partial charge on any atom is 0.404 e. The van der Waals surface area contributed by atoms with Crippen LogP contribution in [0.1, 0.15) is 19.3 Å². The van der Waals surface area contributed by atoms with Crippen molar-refractivity contribution < 1.29 is 14.7 Å². The van der Waals surface area contributed by atoms with Crippen LogP contribution in [0.5, 0.6) is 0 Å². The predicted octanol–water partition coefficient (Wildman–Crippen LogP) is 2.07. The van der Waals surface area contributed by atoms with Crippen LogP contribution < -0.4 is 5.32 Å². The predicted molar refractivity (Wildman–Crippen MR) is 61.6 cm³/mol. The average molecular weight is 293 g/mol. The number of hydrogen-bond acceptors (Lipinski definition) is 3. The molecule has 1 unspecified atom stereocenters. The van der Waals surface area contributed by atoms with E-state index < -0.39 is 12.1 Å². The van der Waals surface area contributed by atoms with Crippen molar-refractivity contribution in [3.05, 3.63) is 10.4 Å². The topological polar surface area (TPSA) is 115 Å². The summed E-state index contributed by atoms with van der Waals surface area (Å²) in [6, 6.07) is -0.658. The van der Waals surface area contributed by atoms with Gasteiger partial charge in [-0.3, -0.25) is 4.79 Å². The summed E-state index contributed by atoms with van der Waals surface area (Å²) in [5.74, 6) is -0.163. The molecule has 0 aromatic carbocycles. The second-order valence-electron chi connectivity index (χ2n) is 3.05. The lowest BCUT2D eigenvalue weighted by Gasteiger charge is -2.07. The normalized spacial score (nSPS) is 11.3. The van der Waals surface area contributed by atoms with Gasteiger partial charge in [0.2, 0.25) is 0 Å². The van der Waals surface area contributed by atoms with Crippen LogP contribution in [0.3, 0.4) is 0 Å². The van der Waals surface area contributed by atoms with Crippen LogP contribution in [-0.2, 0) is 4.79 Å². The Balaban J connectivity index is 3.81. The Morgan fingerprint density at radius 2 is 2.19 bits per heavy atom. The Hall–Kier alpha value is -1.27. The van der Waals surface area contributed by atoms with Crippen LogP contribution in [0.4, 0.5) is 4.79 Å². The lowest BCUT2D eigenvalue weighted by atomic mass is 10.1. The third kappa shape index (κ3) is 7.08. The molecule has 0 aromatic heterocycles. The summed E-state index contributed by atoms with van der Waals surface area (Å²) in [4.78, 5) is 24.0. The van der Waals surface area contributed by atoms with Gasteiger partial charge in [0.15, 0.2) is 5.78 Å². The molecular formula is C8H13BrN4O3. The molecule has 0 aromatic rings. The zero-order chi connectivity index (χ0) is 12.4. The Morgan fingerprint density at radius 3 is 2.69 bits per heavy atom. The van der Waals surface area contributed by atoms with Crippen molar-refractivity contribution in [1.29, 1.82) is 0 Å². The zero-order valence-electron chi connectivity index (χ0n) is 8.60. The Labute approximate surface area is 101 Å². The van der Waals surface area contributed by atoms with E-state index >= 15 is 0 Å². The zero-order valence-corrected chi connectivity index (χ0v) is 10.2. The van der Waals surface area contributed by atoms with E-state index in [2.05, 4.69) is 31.3 Å². The van der Waals surface area contributed by atoms with Crippen molar-refractivity contribution in [3.63, 3.8) is 0 Å². The molecule has 16 heavy (non-hydrogen) atoms. The fourth-order valence-electron chi connectivity index (χ4n) is 1.09. The van der Waals surface area contributed by atoms with E-state index in [0.29, 0.717) is 25.8 Å². The van der Waals surface area contributed by atoms with Crippen molar-refractivity contribution in [1.82, 2.24) is 5.32 Å². The van der Waals surface area contributed by atoms with Gasteiger partial charge >= 0.3 is 6.09 Å². The maximum atomic E-state index is 11.3. The van der Waals surface area contributed by atoms with E-state index in [-0.39, 0.29) is 11.1 Å². The molecule has 0 fully saturated rings. The highest BCUT2D eigenvalue weighted by molar-refractivity contribution is 9.09. The van der Waals surface area contributed by atoms with E-state index in [0.717, 1.165) is 0 Å².